The van der Waals surface area contributed by atoms with Crippen LogP contribution in [0.1, 0.15) is 98.8 Å². The van der Waals surface area contributed by atoms with E-state index in [1.807, 2.05) is 66.7 Å². The zero-order valence-corrected chi connectivity index (χ0v) is 34.4. The summed E-state index contributed by atoms with van der Waals surface area (Å²) in [6.07, 6.45) is 12.8. The van der Waals surface area contributed by atoms with Gasteiger partial charge in [0.1, 0.15) is 5.75 Å². The van der Waals surface area contributed by atoms with Crippen LogP contribution in [0, 0.1) is 11.8 Å². The lowest BCUT2D eigenvalue weighted by molar-refractivity contribution is 0.0783. The standard InChI is InChI=1S/C25H34N4O.C23H29N3O2/c1-3-22-15-21(14-17(2)29(22)16-18-8-9-18)27-20-12-10-19(11-13-20)25(30)28-24-7-5-4-6-23(24)26;24-21-5-1-2-6-22(21)25-23(27)18-9-11-20(12-10-18)28-19-4-3-14-26(15-13-19)16-17-7-8-17/h4-7,10-13,17-18,21-22,27H,3,8-9,14-16,26H2,1-2H3,(H,28,30);1-2,5-6,9-12,17,19H,3-4,7-8,13-16,24H2,(H,25,27). The molecule has 2 saturated heterocycles. The lowest BCUT2D eigenvalue weighted by Crippen LogP contribution is -2.51. The molecule has 2 aliphatic carbocycles. The van der Waals surface area contributed by atoms with E-state index in [1.165, 1.54) is 71.0 Å². The van der Waals surface area contributed by atoms with Gasteiger partial charge in [-0.1, -0.05) is 31.2 Å². The number of rotatable bonds is 13. The lowest BCUT2D eigenvalue weighted by atomic mass is 9.90. The molecule has 7 N–H and O–H groups in total. The highest BCUT2D eigenvalue weighted by Gasteiger charge is 2.36. The van der Waals surface area contributed by atoms with Crippen molar-refractivity contribution in [1.29, 1.82) is 0 Å². The molecule has 0 spiro atoms. The predicted molar refractivity (Wildman–Crippen MR) is 238 cm³/mol. The first-order valence-electron chi connectivity index (χ1n) is 21.6. The van der Waals surface area contributed by atoms with Crippen LogP contribution in [0.5, 0.6) is 5.75 Å². The zero-order chi connectivity index (χ0) is 40.4. The second-order valence-electron chi connectivity index (χ2n) is 17.0. The van der Waals surface area contributed by atoms with Crippen molar-refractivity contribution in [3.8, 4) is 5.75 Å². The largest absolute Gasteiger partial charge is 0.490 e. The van der Waals surface area contributed by atoms with E-state index in [-0.39, 0.29) is 17.9 Å². The predicted octanol–water partition coefficient (Wildman–Crippen LogP) is 9.14. The highest BCUT2D eigenvalue weighted by molar-refractivity contribution is 6.06. The maximum atomic E-state index is 12.5. The fourth-order valence-corrected chi connectivity index (χ4v) is 8.45. The second-order valence-corrected chi connectivity index (χ2v) is 17.0. The topological polar surface area (TPSA) is 138 Å². The number of amides is 2. The molecule has 2 amide bonds. The van der Waals surface area contributed by atoms with Gasteiger partial charge in [-0.25, -0.2) is 0 Å². The van der Waals surface area contributed by atoms with E-state index in [1.54, 1.807) is 30.3 Å². The van der Waals surface area contributed by atoms with Crippen LogP contribution < -0.4 is 32.2 Å². The summed E-state index contributed by atoms with van der Waals surface area (Å²) in [5.74, 6) is 2.40. The molecular formula is C48H63N7O3. The van der Waals surface area contributed by atoms with Crippen LogP contribution in [0.3, 0.4) is 0 Å². The van der Waals surface area contributed by atoms with Gasteiger partial charge < -0.3 is 37.1 Å². The summed E-state index contributed by atoms with van der Waals surface area (Å²) in [6, 6.07) is 31.5. The third kappa shape index (κ3) is 11.8. The summed E-state index contributed by atoms with van der Waals surface area (Å²) in [5, 5.41) is 9.44. The van der Waals surface area contributed by atoms with E-state index >= 15 is 0 Å². The minimum Gasteiger partial charge on any atom is -0.490 e. The fraction of sp³-hybridized carbons (Fsp3) is 0.458. The van der Waals surface area contributed by atoms with Crippen molar-refractivity contribution in [1.82, 2.24) is 9.80 Å². The van der Waals surface area contributed by atoms with Gasteiger partial charge in [0.15, 0.2) is 0 Å². The highest BCUT2D eigenvalue weighted by atomic mass is 16.5. The number of para-hydroxylation sites is 4. The molecule has 2 saturated carbocycles. The minimum atomic E-state index is -0.172. The monoisotopic (exact) mass is 785 g/mol. The van der Waals surface area contributed by atoms with E-state index < -0.39 is 0 Å². The first kappa shape index (κ1) is 41.1. The number of hydrogen-bond acceptors (Lipinski definition) is 8. The van der Waals surface area contributed by atoms with Gasteiger partial charge in [-0.2, -0.15) is 0 Å². The van der Waals surface area contributed by atoms with Gasteiger partial charge in [0.2, 0.25) is 0 Å². The molecule has 0 bridgehead atoms. The number of nitrogens with one attached hydrogen (secondary N) is 3. The normalized spacial score (nSPS) is 22.4. The Morgan fingerprint density at radius 2 is 1.26 bits per heavy atom. The number of likely N-dealkylation sites (tertiary alicyclic amines) is 2. The molecule has 4 atom stereocenters. The van der Waals surface area contributed by atoms with Gasteiger partial charge in [-0.3, -0.25) is 14.5 Å². The van der Waals surface area contributed by atoms with Crippen LogP contribution in [-0.4, -0.2) is 72.0 Å². The van der Waals surface area contributed by atoms with Gasteiger partial charge in [0.05, 0.1) is 28.9 Å². The van der Waals surface area contributed by atoms with E-state index in [0.717, 1.165) is 42.7 Å². The number of benzene rings is 4. The average Bonchev–Trinajstić information content (AvgIpc) is 4.17. The summed E-state index contributed by atoms with van der Waals surface area (Å²) in [6.45, 7) is 9.55. The Balaban J connectivity index is 0.000000177. The Bertz CT molecular complexity index is 1950. The minimum absolute atomic E-state index is 0.146. The summed E-state index contributed by atoms with van der Waals surface area (Å²) >= 11 is 0. The fourth-order valence-electron chi connectivity index (χ4n) is 8.45. The second kappa shape index (κ2) is 19.6. The van der Waals surface area contributed by atoms with Crippen molar-refractivity contribution in [2.24, 2.45) is 11.8 Å². The van der Waals surface area contributed by atoms with Crippen LogP contribution in [0.2, 0.25) is 0 Å². The molecule has 4 unspecified atom stereocenters. The molecule has 58 heavy (non-hydrogen) atoms. The van der Waals surface area contributed by atoms with Crippen molar-refractivity contribution in [2.75, 3.05) is 53.6 Å². The number of hydrogen-bond donors (Lipinski definition) is 5. The number of nitrogen functional groups attached to an aromatic ring is 2. The summed E-state index contributed by atoms with van der Waals surface area (Å²) < 4.78 is 6.20. The van der Waals surface area contributed by atoms with E-state index in [4.69, 9.17) is 16.2 Å². The zero-order valence-electron chi connectivity index (χ0n) is 34.4. The van der Waals surface area contributed by atoms with Crippen molar-refractivity contribution in [3.05, 3.63) is 108 Å². The molecule has 10 heteroatoms. The number of ether oxygens (including phenoxy) is 1. The number of carbonyl (C=O) groups excluding carboxylic acids is 2. The van der Waals surface area contributed by atoms with Gasteiger partial charge in [0, 0.05) is 54.6 Å². The number of nitrogens with zero attached hydrogens (tertiary/aromatic N) is 2. The maximum absolute atomic E-state index is 12.5. The van der Waals surface area contributed by atoms with Gasteiger partial charge in [0.25, 0.3) is 11.8 Å². The summed E-state index contributed by atoms with van der Waals surface area (Å²) in [5.41, 5.74) is 16.5. The Morgan fingerprint density at radius 3 is 1.83 bits per heavy atom. The van der Waals surface area contributed by atoms with Crippen LogP contribution in [0.15, 0.2) is 97.1 Å². The van der Waals surface area contributed by atoms with Crippen molar-refractivity contribution < 1.29 is 14.3 Å². The molecular weight excluding hydrogens is 723 g/mol. The third-order valence-corrected chi connectivity index (χ3v) is 12.2. The Hall–Kier alpha value is -5.06. The smallest absolute Gasteiger partial charge is 0.255 e. The summed E-state index contributed by atoms with van der Waals surface area (Å²) in [4.78, 5) is 30.3. The summed E-state index contributed by atoms with van der Waals surface area (Å²) in [7, 11) is 0. The van der Waals surface area contributed by atoms with Crippen molar-refractivity contribution in [3.63, 3.8) is 0 Å². The van der Waals surface area contributed by atoms with Crippen molar-refractivity contribution >= 4 is 40.3 Å². The van der Waals surface area contributed by atoms with Gasteiger partial charge in [-0.05, 0) is 162 Å². The molecule has 10 nitrogen and oxygen atoms in total. The van der Waals surface area contributed by atoms with E-state index in [9.17, 15) is 9.59 Å². The van der Waals surface area contributed by atoms with Crippen molar-refractivity contribution in [2.45, 2.75) is 102 Å². The van der Waals surface area contributed by atoms with E-state index in [2.05, 4.69) is 39.6 Å². The SMILES string of the molecule is CCC1CC(Nc2ccc(C(=O)Nc3ccccc3N)cc2)CC(C)N1CC1CC1.Nc1ccccc1NC(=O)c1ccc(OC2CCCN(CC3CC3)CC2)cc1. The number of anilines is 5. The molecule has 4 aliphatic rings. The average molecular weight is 786 g/mol. The Labute approximate surface area is 345 Å². The van der Waals surface area contributed by atoms with Crippen LogP contribution in [0.4, 0.5) is 28.4 Å². The number of nitrogens with two attached hydrogens (primary N) is 2. The molecule has 4 aromatic rings. The first-order valence-corrected chi connectivity index (χ1v) is 21.6. The molecule has 0 aromatic heterocycles. The highest BCUT2D eigenvalue weighted by Crippen LogP contribution is 2.35. The molecule has 308 valence electrons. The maximum Gasteiger partial charge on any atom is 0.255 e. The van der Waals surface area contributed by atoms with Gasteiger partial charge in [-0.15, -0.1) is 0 Å². The molecule has 2 aliphatic heterocycles. The number of carbonyl (C=O) groups is 2. The Morgan fingerprint density at radius 1 is 0.690 bits per heavy atom. The van der Waals surface area contributed by atoms with E-state index in [0.29, 0.717) is 52.0 Å². The van der Waals surface area contributed by atoms with Crippen LogP contribution in [-0.2, 0) is 0 Å². The molecule has 4 aromatic carbocycles. The molecule has 8 rings (SSSR count). The quantitative estimate of drug-likeness (QED) is 0.0847. The lowest BCUT2D eigenvalue weighted by Gasteiger charge is -2.44. The first-order chi connectivity index (χ1) is 28.2. The third-order valence-electron chi connectivity index (χ3n) is 12.2. The van der Waals surface area contributed by atoms with Gasteiger partial charge >= 0.3 is 0 Å². The Kier molecular flexibility index (Phi) is 13.9. The molecule has 4 fully saturated rings. The van der Waals surface area contributed by atoms with Crippen LogP contribution in [0.25, 0.3) is 0 Å². The number of piperidine rings is 1. The van der Waals surface area contributed by atoms with Crippen LogP contribution >= 0.6 is 0 Å². The molecule has 0 radical (unpaired) electrons. The molecule has 2 heterocycles.